The van der Waals surface area contributed by atoms with Gasteiger partial charge in [0.15, 0.2) is 0 Å². The second kappa shape index (κ2) is 9.21. The highest BCUT2D eigenvalue weighted by Gasteiger charge is 2.16. The molecule has 1 saturated carbocycles. The van der Waals surface area contributed by atoms with Crippen molar-refractivity contribution in [2.45, 2.75) is 51.0 Å². The molecule has 3 rings (SSSR count). The fourth-order valence-electron chi connectivity index (χ4n) is 3.39. The molecule has 1 aliphatic carbocycles. The van der Waals surface area contributed by atoms with Crippen LogP contribution in [0.5, 0.6) is 5.75 Å². The van der Waals surface area contributed by atoms with E-state index in [4.69, 9.17) is 9.84 Å². The van der Waals surface area contributed by atoms with Gasteiger partial charge in [-0.3, -0.25) is 9.59 Å². The monoisotopic (exact) mass is 367 g/mol. The Labute approximate surface area is 159 Å². The molecule has 0 aromatic heterocycles. The summed E-state index contributed by atoms with van der Waals surface area (Å²) >= 11 is 0. The Hall–Kier alpha value is -2.82. The summed E-state index contributed by atoms with van der Waals surface area (Å²) in [5, 5.41) is 11.7. The van der Waals surface area contributed by atoms with Crippen molar-refractivity contribution in [2.75, 3.05) is 5.32 Å². The molecular formula is C22H25NO4. The molecule has 2 aromatic carbocycles. The van der Waals surface area contributed by atoms with Gasteiger partial charge in [-0.1, -0.05) is 24.3 Å². The number of carboxylic acid groups (broad SMARTS) is 1. The van der Waals surface area contributed by atoms with Gasteiger partial charge in [-0.25, -0.2) is 0 Å². The van der Waals surface area contributed by atoms with E-state index >= 15 is 0 Å². The minimum Gasteiger partial charge on any atom is -0.490 e. The Kier molecular flexibility index (Phi) is 6.47. The first-order valence-corrected chi connectivity index (χ1v) is 9.45. The van der Waals surface area contributed by atoms with Crippen molar-refractivity contribution >= 4 is 17.6 Å². The number of aliphatic carboxylic acids is 1. The maximum absolute atomic E-state index is 12.2. The highest BCUT2D eigenvalue weighted by Crippen LogP contribution is 2.25. The average molecular weight is 367 g/mol. The van der Waals surface area contributed by atoms with E-state index in [0.717, 1.165) is 24.2 Å². The topological polar surface area (TPSA) is 75.6 Å². The lowest BCUT2D eigenvalue weighted by molar-refractivity contribution is -0.136. The van der Waals surface area contributed by atoms with Gasteiger partial charge in [0.2, 0.25) is 5.91 Å². The van der Waals surface area contributed by atoms with Crippen LogP contribution in [0.2, 0.25) is 0 Å². The van der Waals surface area contributed by atoms with E-state index in [1.807, 2.05) is 24.3 Å². The summed E-state index contributed by atoms with van der Waals surface area (Å²) in [7, 11) is 0. The van der Waals surface area contributed by atoms with Crippen LogP contribution in [0.4, 0.5) is 5.69 Å². The molecule has 2 N–H and O–H groups in total. The molecule has 1 fully saturated rings. The zero-order chi connectivity index (χ0) is 19.1. The summed E-state index contributed by atoms with van der Waals surface area (Å²) in [6, 6.07) is 14.9. The Morgan fingerprint density at radius 1 is 1.04 bits per heavy atom. The zero-order valence-electron chi connectivity index (χ0n) is 15.3. The van der Waals surface area contributed by atoms with Crippen LogP contribution in [0.3, 0.4) is 0 Å². The number of hydrogen-bond donors (Lipinski definition) is 2. The average Bonchev–Trinajstić information content (AvgIpc) is 3.13. The number of hydrogen-bond acceptors (Lipinski definition) is 3. The quantitative estimate of drug-likeness (QED) is 0.733. The summed E-state index contributed by atoms with van der Waals surface area (Å²) < 4.78 is 6.01. The molecule has 0 heterocycles. The fraction of sp³-hybridized carbons (Fsp3) is 0.364. The normalized spacial score (nSPS) is 14.1. The van der Waals surface area contributed by atoms with Gasteiger partial charge in [0.05, 0.1) is 12.5 Å². The summed E-state index contributed by atoms with van der Waals surface area (Å²) in [6.45, 7) is 0. The van der Waals surface area contributed by atoms with Crippen molar-refractivity contribution in [3.63, 3.8) is 0 Å². The molecule has 142 valence electrons. The van der Waals surface area contributed by atoms with Gasteiger partial charge in [0, 0.05) is 12.1 Å². The molecule has 1 amide bonds. The molecule has 0 radical (unpaired) electrons. The first kappa shape index (κ1) is 19.0. The van der Waals surface area contributed by atoms with Crippen molar-refractivity contribution in [3.05, 3.63) is 59.7 Å². The van der Waals surface area contributed by atoms with E-state index in [2.05, 4.69) is 5.32 Å². The predicted octanol–water partition coefficient (Wildman–Crippen LogP) is 4.21. The molecule has 5 heteroatoms. The maximum Gasteiger partial charge on any atom is 0.307 e. The Bertz CT molecular complexity index is 796. The predicted molar refractivity (Wildman–Crippen MR) is 104 cm³/mol. The summed E-state index contributed by atoms with van der Waals surface area (Å²) in [5.41, 5.74) is 2.36. The molecule has 2 aromatic rings. The van der Waals surface area contributed by atoms with E-state index in [0.29, 0.717) is 30.2 Å². The Morgan fingerprint density at radius 2 is 1.78 bits per heavy atom. The number of ether oxygens (including phenoxy) is 1. The van der Waals surface area contributed by atoms with Crippen molar-refractivity contribution < 1.29 is 19.4 Å². The number of rotatable bonds is 8. The van der Waals surface area contributed by atoms with Gasteiger partial charge in [0.25, 0.3) is 0 Å². The summed E-state index contributed by atoms with van der Waals surface area (Å²) in [4.78, 5) is 23.0. The van der Waals surface area contributed by atoms with Gasteiger partial charge in [-0.05, 0) is 67.5 Å². The molecule has 0 spiro atoms. The standard InChI is InChI=1S/C22H25NO4/c24-21(23-18-7-3-6-17(13-18)15-22(25)26)12-11-16-5-4-10-20(14-16)27-19-8-1-2-9-19/h3-7,10,13-14,19H,1-2,8-9,11-12,15H2,(H,23,24)(H,25,26). The van der Waals surface area contributed by atoms with Crippen molar-refractivity contribution in [3.8, 4) is 5.75 Å². The van der Waals surface area contributed by atoms with Crippen LogP contribution < -0.4 is 10.1 Å². The van der Waals surface area contributed by atoms with E-state index < -0.39 is 5.97 Å². The van der Waals surface area contributed by atoms with Gasteiger partial charge < -0.3 is 15.2 Å². The zero-order valence-corrected chi connectivity index (χ0v) is 15.3. The Morgan fingerprint density at radius 3 is 2.56 bits per heavy atom. The highest BCUT2D eigenvalue weighted by molar-refractivity contribution is 5.91. The summed E-state index contributed by atoms with van der Waals surface area (Å²) in [6.07, 6.45) is 5.95. The van der Waals surface area contributed by atoms with Crippen molar-refractivity contribution in [1.29, 1.82) is 0 Å². The van der Waals surface area contributed by atoms with E-state index in [1.165, 1.54) is 12.8 Å². The van der Waals surface area contributed by atoms with E-state index in [-0.39, 0.29) is 12.3 Å². The van der Waals surface area contributed by atoms with Crippen LogP contribution in [-0.4, -0.2) is 23.1 Å². The number of amides is 1. The largest absolute Gasteiger partial charge is 0.490 e. The number of carbonyl (C=O) groups is 2. The molecule has 0 unspecified atom stereocenters. The third-order valence-corrected chi connectivity index (χ3v) is 4.71. The SMILES string of the molecule is O=C(O)Cc1cccc(NC(=O)CCc2cccc(OC3CCCC3)c2)c1. The van der Waals surface area contributed by atoms with Crippen molar-refractivity contribution in [2.24, 2.45) is 0 Å². The first-order chi connectivity index (χ1) is 13.1. The molecule has 0 atom stereocenters. The van der Waals surface area contributed by atoms with Gasteiger partial charge in [-0.15, -0.1) is 0 Å². The first-order valence-electron chi connectivity index (χ1n) is 9.45. The number of aryl methyl sites for hydroxylation is 1. The van der Waals surface area contributed by atoms with Gasteiger partial charge in [0.1, 0.15) is 5.75 Å². The van der Waals surface area contributed by atoms with Crippen LogP contribution in [-0.2, 0) is 22.4 Å². The van der Waals surface area contributed by atoms with Gasteiger partial charge in [-0.2, -0.15) is 0 Å². The highest BCUT2D eigenvalue weighted by atomic mass is 16.5. The Balaban J connectivity index is 1.51. The van der Waals surface area contributed by atoms with Gasteiger partial charge >= 0.3 is 5.97 Å². The lowest BCUT2D eigenvalue weighted by Crippen LogP contribution is -2.13. The molecule has 27 heavy (non-hydrogen) atoms. The van der Waals surface area contributed by atoms with Crippen molar-refractivity contribution in [1.82, 2.24) is 0 Å². The number of benzene rings is 2. The fourth-order valence-corrected chi connectivity index (χ4v) is 3.39. The molecule has 0 bridgehead atoms. The minimum absolute atomic E-state index is 0.0580. The molecule has 1 aliphatic rings. The third-order valence-electron chi connectivity index (χ3n) is 4.71. The second-order valence-electron chi connectivity index (χ2n) is 6.99. The molecule has 0 aliphatic heterocycles. The minimum atomic E-state index is -0.891. The smallest absolute Gasteiger partial charge is 0.307 e. The maximum atomic E-state index is 12.2. The lowest BCUT2D eigenvalue weighted by Gasteiger charge is -2.14. The third kappa shape index (κ3) is 6.13. The number of carbonyl (C=O) groups excluding carboxylic acids is 1. The van der Waals surface area contributed by atoms with Crippen LogP contribution in [0.25, 0.3) is 0 Å². The van der Waals surface area contributed by atoms with E-state index in [9.17, 15) is 9.59 Å². The molecular weight excluding hydrogens is 342 g/mol. The summed E-state index contributed by atoms with van der Waals surface area (Å²) in [5.74, 6) is -0.107. The van der Waals surface area contributed by atoms with Crippen LogP contribution in [0.1, 0.15) is 43.2 Å². The van der Waals surface area contributed by atoms with Crippen LogP contribution in [0.15, 0.2) is 48.5 Å². The number of anilines is 1. The van der Waals surface area contributed by atoms with Crippen LogP contribution >= 0.6 is 0 Å². The number of nitrogens with one attached hydrogen (secondary N) is 1. The molecule has 0 saturated heterocycles. The van der Waals surface area contributed by atoms with E-state index in [1.54, 1.807) is 24.3 Å². The second-order valence-corrected chi connectivity index (χ2v) is 6.99. The molecule has 5 nitrogen and oxygen atoms in total. The lowest BCUT2D eigenvalue weighted by atomic mass is 10.1. The van der Waals surface area contributed by atoms with Crippen LogP contribution in [0, 0.1) is 0 Å². The number of carboxylic acids is 1.